The second-order valence-electron chi connectivity index (χ2n) is 4.24. The summed E-state index contributed by atoms with van der Waals surface area (Å²) in [5.41, 5.74) is 0. The standard InChI is InChI=1S/C11H18N2O4S/c1-3-9(6-11(14)15)7-12-18(16,17)10-4-5-13(2)8-10/h4-5,8-9,12H,3,6-7H2,1-2H3,(H,14,15). The molecule has 2 N–H and O–H groups in total. The fraction of sp³-hybridized carbons (Fsp3) is 0.545. The quantitative estimate of drug-likeness (QED) is 0.770. The first-order valence-electron chi connectivity index (χ1n) is 5.68. The Morgan fingerprint density at radius 1 is 1.56 bits per heavy atom. The number of carboxylic acids is 1. The number of aliphatic carboxylic acids is 1. The van der Waals surface area contributed by atoms with Gasteiger partial charge in [0.2, 0.25) is 10.0 Å². The first-order chi connectivity index (χ1) is 8.35. The lowest BCUT2D eigenvalue weighted by Gasteiger charge is -2.13. The Morgan fingerprint density at radius 2 is 2.22 bits per heavy atom. The predicted octanol–water partition coefficient (Wildman–Crippen LogP) is 0.804. The van der Waals surface area contributed by atoms with Gasteiger partial charge < -0.3 is 9.67 Å². The Hall–Kier alpha value is -1.34. The average Bonchev–Trinajstić information content (AvgIpc) is 2.71. The van der Waals surface area contributed by atoms with Crippen LogP contribution in [0.3, 0.4) is 0 Å². The van der Waals surface area contributed by atoms with Gasteiger partial charge in [0.25, 0.3) is 0 Å². The monoisotopic (exact) mass is 274 g/mol. The number of hydrogen-bond acceptors (Lipinski definition) is 3. The molecule has 1 unspecified atom stereocenters. The topological polar surface area (TPSA) is 88.4 Å². The van der Waals surface area contributed by atoms with Gasteiger partial charge in [-0.1, -0.05) is 13.3 Å². The molecule has 1 atom stereocenters. The number of nitrogens with one attached hydrogen (secondary N) is 1. The predicted molar refractivity (Wildman–Crippen MR) is 66.6 cm³/mol. The molecule has 6 nitrogen and oxygen atoms in total. The van der Waals surface area contributed by atoms with Crippen LogP contribution in [0.2, 0.25) is 0 Å². The summed E-state index contributed by atoms with van der Waals surface area (Å²) in [6.07, 6.45) is 3.72. The summed E-state index contributed by atoms with van der Waals surface area (Å²) in [6, 6.07) is 1.50. The highest BCUT2D eigenvalue weighted by molar-refractivity contribution is 7.89. The Labute approximate surface area is 107 Å². The highest BCUT2D eigenvalue weighted by Gasteiger charge is 2.18. The number of sulfonamides is 1. The van der Waals surface area contributed by atoms with Gasteiger partial charge >= 0.3 is 5.97 Å². The van der Waals surface area contributed by atoms with Crippen molar-refractivity contribution in [3.63, 3.8) is 0 Å². The van der Waals surface area contributed by atoms with Gasteiger partial charge in [-0.3, -0.25) is 4.79 Å². The van der Waals surface area contributed by atoms with E-state index in [1.165, 1.54) is 12.3 Å². The molecule has 1 aromatic heterocycles. The van der Waals surface area contributed by atoms with E-state index in [2.05, 4.69) is 4.72 Å². The van der Waals surface area contributed by atoms with Crippen LogP contribution in [0.5, 0.6) is 0 Å². The molecule has 0 saturated carbocycles. The number of aromatic nitrogens is 1. The third-order valence-electron chi connectivity index (χ3n) is 2.72. The molecule has 0 bridgehead atoms. The van der Waals surface area contributed by atoms with Crippen molar-refractivity contribution in [3.05, 3.63) is 18.5 Å². The maximum absolute atomic E-state index is 11.9. The van der Waals surface area contributed by atoms with Crippen molar-refractivity contribution in [1.29, 1.82) is 0 Å². The molecule has 0 aliphatic heterocycles. The van der Waals surface area contributed by atoms with Gasteiger partial charge in [0.15, 0.2) is 0 Å². The number of carbonyl (C=O) groups is 1. The summed E-state index contributed by atoms with van der Waals surface area (Å²) in [7, 11) is -1.81. The van der Waals surface area contributed by atoms with Crippen LogP contribution in [0.4, 0.5) is 0 Å². The zero-order chi connectivity index (χ0) is 13.8. The van der Waals surface area contributed by atoms with E-state index in [1.54, 1.807) is 17.8 Å². The average molecular weight is 274 g/mol. The molecule has 102 valence electrons. The Morgan fingerprint density at radius 3 is 2.67 bits per heavy atom. The Balaban J connectivity index is 2.64. The summed E-state index contributed by atoms with van der Waals surface area (Å²) < 4.78 is 27.8. The van der Waals surface area contributed by atoms with E-state index in [1.807, 2.05) is 6.92 Å². The number of rotatable bonds is 7. The van der Waals surface area contributed by atoms with Gasteiger partial charge in [0.1, 0.15) is 0 Å². The number of hydrogen-bond donors (Lipinski definition) is 2. The lowest BCUT2D eigenvalue weighted by molar-refractivity contribution is -0.138. The molecule has 18 heavy (non-hydrogen) atoms. The van der Waals surface area contributed by atoms with Crippen LogP contribution in [-0.4, -0.2) is 30.6 Å². The van der Waals surface area contributed by atoms with Crippen molar-refractivity contribution >= 4 is 16.0 Å². The highest BCUT2D eigenvalue weighted by atomic mass is 32.2. The van der Waals surface area contributed by atoms with E-state index >= 15 is 0 Å². The van der Waals surface area contributed by atoms with E-state index in [9.17, 15) is 13.2 Å². The zero-order valence-corrected chi connectivity index (χ0v) is 11.3. The molecule has 0 fully saturated rings. The zero-order valence-electron chi connectivity index (χ0n) is 10.5. The molecule has 1 heterocycles. The van der Waals surface area contributed by atoms with Crippen LogP contribution in [0.15, 0.2) is 23.4 Å². The van der Waals surface area contributed by atoms with Gasteiger partial charge in [-0.2, -0.15) is 0 Å². The fourth-order valence-electron chi connectivity index (χ4n) is 1.56. The highest BCUT2D eigenvalue weighted by Crippen LogP contribution is 2.11. The number of carboxylic acid groups (broad SMARTS) is 1. The molecule has 1 rings (SSSR count). The van der Waals surface area contributed by atoms with Gasteiger partial charge in [-0.25, -0.2) is 13.1 Å². The summed E-state index contributed by atoms with van der Waals surface area (Å²) in [6.45, 7) is 1.98. The third-order valence-corrected chi connectivity index (χ3v) is 4.13. The molecule has 0 aliphatic rings. The molecule has 0 amide bonds. The van der Waals surface area contributed by atoms with Gasteiger partial charge in [0.05, 0.1) is 4.90 Å². The van der Waals surface area contributed by atoms with Crippen LogP contribution >= 0.6 is 0 Å². The fourth-order valence-corrected chi connectivity index (χ4v) is 2.72. The first kappa shape index (κ1) is 14.7. The smallest absolute Gasteiger partial charge is 0.303 e. The Bertz CT molecular complexity index is 507. The molecule has 0 aromatic carbocycles. The molecule has 1 aromatic rings. The molecule has 7 heteroatoms. The van der Waals surface area contributed by atoms with E-state index in [0.717, 1.165) is 0 Å². The molecule has 0 saturated heterocycles. The summed E-state index contributed by atoms with van der Waals surface area (Å²) in [4.78, 5) is 10.8. The maximum atomic E-state index is 11.9. The van der Waals surface area contributed by atoms with E-state index in [-0.39, 0.29) is 23.8 Å². The number of nitrogens with zero attached hydrogens (tertiary/aromatic N) is 1. The Kier molecular flexibility index (Phi) is 4.92. The van der Waals surface area contributed by atoms with Crippen molar-refractivity contribution in [2.75, 3.05) is 6.54 Å². The van der Waals surface area contributed by atoms with Crippen molar-refractivity contribution in [3.8, 4) is 0 Å². The molecular formula is C11H18N2O4S. The van der Waals surface area contributed by atoms with Gasteiger partial charge in [-0.05, 0) is 12.0 Å². The summed E-state index contributed by atoms with van der Waals surface area (Å²) in [5.74, 6) is -1.11. The number of aryl methyl sites for hydroxylation is 1. The normalized spacial score (nSPS) is 13.4. The summed E-state index contributed by atoms with van der Waals surface area (Å²) in [5, 5.41) is 8.68. The minimum atomic E-state index is -3.54. The van der Waals surface area contributed by atoms with Gasteiger partial charge in [-0.15, -0.1) is 0 Å². The second-order valence-corrected chi connectivity index (χ2v) is 6.00. The maximum Gasteiger partial charge on any atom is 0.303 e. The largest absolute Gasteiger partial charge is 0.481 e. The molecule has 0 aliphatic carbocycles. The van der Waals surface area contributed by atoms with Crippen LogP contribution in [0.25, 0.3) is 0 Å². The van der Waals surface area contributed by atoms with Crippen LogP contribution in [0, 0.1) is 5.92 Å². The molecule has 0 radical (unpaired) electrons. The van der Waals surface area contributed by atoms with E-state index < -0.39 is 16.0 Å². The third kappa shape index (κ3) is 4.15. The minimum absolute atomic E-state index is 0.0339. The van der Waals surface area contributed by atoms with Crippen molar-refractivity contribution in [2.24, 2.45) is 13.0 Å². The van der Waals surface area contributed by atoms with Crippen molar-refractivity contribution < 1.29 is 18.3 Å². The van der Waals surface area contributed by atoms with Crippen molar-refractivity contribution in [1.82, 2.24) is 9.29 Å². The van der Waals surface area contributed by atoms with Gasteiger partial charge in [0, 0.05) is 32.4 Å². The van der Waals surface area contributed by atoms with E-state index in [0.29, 0.717) is 6.42 Å². The van der Waals surface area contributed by atoms with E-state index in [4.69, 9.17) is 5.11 Å². The van der Waals surface area contributed by atoms with Crippen LogP contribution in [-0.2, 0) is 21.9 Å². The molecular weight excluding hydrogens is 256 g/mol. The molecule has 0 spiro atoms. The minimum Gasteiger partial charge on any atom is -0.481 e. The second kappa shape index (κ2) is 6.01. The first-order valence-corrected chi connectivity index (χ1v) is 7.17. The van der Waals surface area contributed by atoms with Crippen molar-refractivity contribution in [2.45, 2.75) is 24.7 Å². The van der Waals surface area contributed by atoms with Crippen LogP contribution in [0.1, 0.15) is 19.8 Å². The van der Waals surface area contributed by atoms with Crippen LogP contribution < -0.4 is 4.72 Å². The lowest BCUT2D eigenvalue weighted by atomic mass is 10.0. The SMILES string of the molecule is CCC(CNS(=O)(=O)c1ccn(C)c1)CC(=O)O. The summed E-state index contributed by atoms with van der Waals surface area (Å²) >= 11 is 0. The lowest BCUT2D eigenvalue weighted by Crippen LogP contribution is -2.30.